The molecule has 0 aliphatic carbocycles. The topological polar surface area (TPSA) is 85.1 Å². The van der Waals surface area contributed by atoms with Crippen molar-refractivity contribution in [1.29, 1.82) is 0 Å². The number of nitrogens with two attached hydrogens (primary N) is 1. The van der Waals surface area contributed by atoms with Gasteiger partial charge in [-0.2, -0.15) is 0 Å². The molecule has 0 saturated carbocycles. The van der Waals surface area contributed by atoms with Gasteiger partial charge in [0.15, 0.2) is 0 Å². The molecule has 90 valence electrons. The van der Waals surface area contributed by atoms with E-state index in [9.17, 15) is 0 Å². The van der Waals surface area contributed by atoms with E-state index >= 15 is 0 Å². The van der Waals surface area contributed by atoms with E-state index in [1.807, 2.05) is 0 Å². The number of rotatable bonds is 3. The van der Waals surface area contributed by atoms with E-state index in [-0.39, 0.29) is 10.5 Å². The van der Waals surface area contributed by atoms with E-state index in [2.05, 4.69) is 85.2 Å². The monoisotopic (exact) mass is 322 g/mol. The molecule has 0 aromatic heterocycles. The van der Waals surface area contributed by atoms with Gasteiger partial charge >= 0.3 is 0 Å². The predicted molar refractivity (Wildman–Crippen MR) is 90.0 cm³/mol. The first-order valence-corrected chi connectivity index (χ1v) is 5.85. The number of nitrogens with one attached hydrogen (secondary N) is 2. The molecule has 0 spiro atoms. The van der Waals surface area contributed by atoms with E-state index in [4.69, 9.17) is 5.73 Å². The van der Waals surface area contributed by atoms with Crippen LogP contribution in [-0.4, -0.2) is 26.1 Å². The maximum atomic E-state index is 4.71. The van der Waals surface area contributed by atoms with E-state index in [0.29, 0.717) is 21.7 Å². The Hall–Kier alpha value is 0.680. The van der Waals surface area contributed by atoms with Gasteiger partial charge in [-0.1, -0.05) is 36.7 Å². The average Bonchev–Trinajstić information content (AvgIpc) is 1.96. The molecule has 0 heterocycles. The zero-order valence-corrected chi connectivity index (χ0v) is 12.9. The second-order valence-corrected chi connectivity index (χ2v) is 5.34. The van der Waals surface area contributed by atoms with Crippen LogP contribution in [0.25, 0.3) is 0 Å². The van der Waals surface area contributed by atoms with Crippen molar-refractivity contribution in [2.24, 2.45) is 5.73 Å². The number of thiocarbonyl (C=S) groups is 3. The minimum Gasteiger partial charge on any atom is -0.385 e. The highest BCUT2D eigenvalue weighted by molar-refractivity contribution is 8.11. The van der Waals surface area contributed by atoms with Crippen molar-refractivity contribution in [3.63, 3.8) is 0 Å². The molecular weight excluding hydrogens is 308 g/mol. The average molecular weight is 323 g/mol. The maximum absolute atomic E-state index is 4.71. The molecule has 15 heavy (non-hydrogen) atoms. The van der Waals surface area contributed by atoms with E-state index in [0.717, 1.165) is 0 Å². The van der Waals surface area contributed by atoms with Crippen LogP contribution in [0.2, 0.25) is 0 Å². The molecule has 4 nitrogen and oxygen atoms in total. The summed E-state index contributed by atoms with van der Waals surface area (Å²) >= 11 is 24.7. The lowest BCUT2D eigenvalue weighted by Gasteiger charge is -2.03. The van der Waals surface area contributed by atoms with Crippen molar-refractivity contribution < 1.29 is 0 Å². The highest BCUT2D eigenvalue weighted by Gasteiger charge is 1.87. The molecule has 0 saturated heterocycles. The summed E-state index contributed by atoms with van der Waals surface area (Å²) in [4.78, 5) is 0. The molecule has 0 aromatic carbocycles. The van der Waals surface area contributed by atoms with Crippen LogP contribution in [0.3, 0.4) is 0 Å². The highest BCUT2D eigenvalue weighted by atomic mass is 32.1. The van der Waals surface area contributed by atoms with Gasteiger partial charge in [0.2, 0.25) is 0 Å². The van der Waals surface area contributed by atoms with Crippen LogP contribution in [-0.2, 0) is 0 Å². The fourth-order valence-corrected chi connectivity index (χ4v) is 0.767. The Balaban J connectivity index is -0.000000249. The van der Waals surface area contributed by atoms with Crippen molar-refractivity contribution in [2.75, 3.05) is 13.1 Å². The predicted octanol–water partition coefficient (Wildman–Crippen LogP) is 0.917. The van der Waals surface area contributed by atoms with Crippen LogP contribution in [0.1, 0.15) is 0 Å². The summed E-state index contributed by atoms with van der Waals surface area (Å²) in [5.74, 6) is 0. The molecule has 0 bridgehead atoms. The zero-order chi connectivity index (χ0) is 11.6. The van der Waals surface area contributed by atoms with Crippen molar-refractivity contribution >= 4 is 87.5 Å². The van der Waals surface area contributed by atoms with Crippen LogP contribution in [0.15, 0.2) is 0 Å². The molecule has 0 rings (SSSR count). The van der Waals surface area contributed by atoms with Crippen LogP contribution < -0.4 is 22.5 Å². The number of thiol groups is 3. The summed E-state index contributed by atoms with van der Waals surface area (Å²) in [6.45, 7) is 1.42. The third-order valence-corrected chi connectivity index (χ3v) is 1.28. The van der Waals surface area contributed by atoms with Crippen molar-refractivity contribution in [2.45, 2.75) is 0 Å². The molecule has 7 N–H and O–H groups in total. The first-order valence-electron chi connectivity index (χ1n) is 3.28. The summed E-state index contributed by atoms with van der Waals surface area (Å²) in [7, 11) is 0. The van der Waals surface area contributed by atoms with Gasteiger partial charge in [0, 0.05) is 13.1 Å². The van der Waals surface area contributed by atoms with Gasteiger partial charge in [-0.3, -0.25) is 0 Å². The lowest BCUT2D eigenvalue weighted by Crippen LogP contribution is -2.29. The first kappa shape index (κ1) is 21.0. The van der Waals surface area contributed by atoms with Crippen LogP contribution in [0, 0.1) is 0 Å². The SMILES string of the molecule is N.NC(=S)S.S=C(S)NCCNC(=S)S. The molecule has 0 aromatic rings. The Bertz CT molecular complexity index is 188. The molecule has 0 aliphatic heterocycles. The minimum atomic E-state index is 0. The standard InChI is InChI=1S/C4H8N2S4.CH3NS2.H3N/c7-3(8)5-1-2-6-4(9)10;2-1(3)4;/h1-2H2,(H2,5,7,8)(H2,6,9,10);(H3,2,3,4);1H3. The van der Waals surface area contributed by atoms with E-state index < -0.39 is 0 Å². The van der Waals surface area contributed by atoms with Gasteiger partial charge in [0.05, 0.1) is 0 Å². The lowest BCUT2D eigenvalue weighted by molar-refractivity contribution is 0.834. The summed E-state index contributed by atoms with van der Waals surface area (Å²) in [6.07, 6.45) is 0. The van der Waals surface area contributed by atoms with Crippen molar-refractivity contribution in [1.82, 2.24) is 16.8 Å². The lowest BCUT2D eigenvalue weighted by atomic mass is 10.6. The molecule has 0 unspecified atom stereocenters. The largest absolute Gasteiger partial charge is 0.385 e. The van der Waals surface area contributed by atoms with Crippen LogP contribution >= 0.6 is 74.5 Å². The Morgan fingerprint density at radius 2 is 1.13 bits per heavy atom. The Labute approximate surface area is 122 Å². The smallest absolute Gasteiger partial charge is 0.130 e. The molecular formula is C5H14N4S6. The normalized spacial score (nSPS) is 7.40. The molecule has 0 aliphatic rings. The van der Waals surface area contributed by atoms with Crippen LogP contribution in [0.5, 0.6) is 0 Å². The van der Waals surface area contributed by atoms with Gasteiger partial charge in [-0.25, -0.2) is 0 Å². The molecule has 0 amide bonds. The second-order valence-electron chi connectivity index (χ2n) is 1.80. The first-order chi connectivity index (χ1) is 6.36. The number of hydrogen-bond acceptors (Lipinski definition) is 4. The Kier molecular flexibility index (Phi) is 20.6. The van der Waals surface area contributed by atoms with Gasteiger partial charge in [-0.05, 0) is 0 Å². The van der Waals surface area contributed by atoms with Gasteiger partial charge in [0.25, 0.3) is 0 Å². The quantitative estimate of drug-likeness (QED) is 0.236. The van der Waals surface area contributed by atoms with Gasteiger partial charge < -0.3 is 22.5 Å². The Morgan fingerprint density at radius 3 is 1.27 bits per heavy atom. The van der Waals surface area contributed by atoms with Crippen molar-refractivity contribution in [3.05, 3.63) is 0 Å². The number of hydrogen-bond donors (Lipinski definition) is 7. The Morgan fingerprint density at radius 1 is 0.933 bits per heavy atom. The summed E-state index contributed by atoms with van der Waals surface area (Å²) < 4.78 is 1.18. The fourth-order valence-electron chi connectivity index (χ4n) is 0.339. The summed E-state index contributed by atoms with van der Waals surface area (Å²) in [5.41, 5.74) is 4.71. The maximum Gasteiger partial charge on any atom is 0.130 e. The summed E-state index contributed by atoms with van der Waals surface area (Å²) in [5, 5.41) is 5.68. The minimum absolute atomic E-state index is 0. The van der Waals surface area contributed by atoms with E-state index in [1.165, 1.54) is 0 Å². The third kappa shape index (κ3) is 40.0. The molecule has 0 radical (unpaired) electrons. The van der Waals surface area contributed by atoms with Crippen LogP contribution in [0.4, 0.5) is 0 Å². The summed E-state index contributed by atoms with van der Waals surface area (Å²) in [6, 6.07) is 0. The van der Waals surface area contributed by atoms with Gasteiger partial charge in [0.1, 0.15) is 13.0 Å². The molecule has 10 heteroatoms. The highest BCUT2D eigenvalue weighted by Crippen LogP contribution is 1.77. The molecule has 0 atom stereocenters. The van der Waals surface area contributed by atoms with Crippen molar-refractivity contribution in [3.8, 4) is 0 Å². The molecule has 0 fully saturated rings. The zero-order valence-electron chi connectivity index (χ0n) is 7.77. The van der Waals surface area contributed by atoms with Gasteiger partial charge in [-0.15, -0.1) is 37.9 Å². The third-order valence-electron chi connectivity index (χ3n) is 0.677. The fraction of sp³-hybridized carbons (Fsp3) is 0.400. The second kappa shape index (κ2) is 14.7. The van der Waals surface area contributed by atoms with E-state index in [1.54, 1.807) is 0 Å².